The maximum absolute atomic E-state index is 14.4. The number of halogens is 2. The number of oxazole rings is 1. The molecular weight excluding hydrogens is 363 g/mol. The van der Waals surface area contributed by atoms with E-state index >= 15 is 0 Å². The van der Waals surface area contributed by atoms with E-state index in [0.717, 1.165) is 6.26 Å². The monoisotopic (exact) mass is 378 g/mol. The number of aliphatic imine (C=N–C) groups is 1. The second kappa shape index (κ2) is 6.53. The smallest absolute Gasteiger partial charge is 0.292 e. The standard InChI is InChI=1S/C17H16ClFN4O3/c1-17(7-14(25)23(2)16(20)22-17)10-5-9(3-4-11(10)19)6-13(24)12-8-26-15(18)21-12/h3-5,8H,6-7H2,1-2H3,(H2,20,22). The number of nitrogens with zero attached hydrogens (tertiary/aromatic N) is 3. The van der Waals surface area contributed by atoms with Gasteiger partial charge >= 0.3 is 0 Å². The van der Waals surface area contributed by atoms with E-state index in [4.69, 9.17) is 21.8 Å². The van der Waals surface area contributed by atoms with Crippen LogP contribution in [0, 0.1) is 5.82 Å². The molecule has 2 N–H and O–H groups in total. The Labute approximate surface area is 153 Å². The lowest BCUT2D eigenvalue weighted by atomic mass is 9.85. The van der Waals surface area contributed by atoms with Crippen molar-refractivity contribution >= 4 is 29.3 Å². The first-order valence-corrected chi connectivity index (χ1v) is 8.12. The van der Waals surface area contributed by atoms with Gasteiger partial charge in [-0.25, -0.2) is 9.38 Å². The first kappa shape index (κ1) is 18.1. The summed E-state index contributed by atoms with van der Waals surface area (Å²) in [5, 5.41) is -0.129. The van der Waals surface area contributed by atoms with E-state index in [9.17, 15) is 14.0 Å². The number of hydrogen-bond donors (Lipinski definition) is 1. The largest absolute Gasteiger partial charge is 0.435 e. The molecule has 2 heterocycles. The normalized spacial score (nSPS) is 20.2. The van der Waals surface area contributed by atoms with E-state index in [1.54, 1.807) is 6.92 Å². The van der Waals surface area contributed by atoms with Crippen LogP contribution in [-0.2, 0) is 16.8 Å². The van der Waals surface area contributed by atoms with Crippen LogP contribution in [0.2, 0.25) is 5.35 Å². The Morgan fingerprint density at radius 1 is 1.50 bits per heavy atom. The first-order chi connectivity index (χ1) is 12.2. The highest BCUT2D eigenvalue weighted by Crippen LogP contribution is 2.35. The summed E-state index contributed by atoms with van der Waals surface area (Å²) >= 11 is 5.57. The number of ketones is 1. The average molecular weight is 379 g/mol. The number of hydrogen-bond acceptors (Lipinski definition) is 6. The summed E-state index contributed by atoms with van der Waals surface area (Å²) in [5.74, 6) is -1.10. The third-order valence-corrected chi connectivity index (χ3v) is 4.49. The van der Waals surface area contributed by atoms with Gasteiger partial charge in [-0.15, -0.1) is 0 Å². The van der Waals surface area contributed by atoms with Crippen molar-refractivity contribution in [1.29, 1.82) is 0 Å². The van der Waals surface area contributed by atoms with Gasteiger partial charge in [0.2, 0.25) is 5.91 Å². The van der Waals surface area contributed by atoms with Crippen LogP contribution in [0.25, 0.3) is 0 Å². The molecule has 1 unspecified atom stereocenters. The van der Waals surface area contributed by atoms with Crippen LogP contribution >= 0.6 is 11.6 Å². The molecular formula is C17H16ClFN4O3. The Balaban J connectivity index is 1.93. The average Bonchev–Trinajstić information content (AvgIpc) is 3.01. The van der Waals surface area contributed by atoms with Crippen molar-refractivity contribution in [3.05, 3.63) is 52.5 Å². The molecule has 0 saturated heterocycles. The van der Waals surface area contributed by atoms with E-state index in [-0.39, 0.29) is 47.1 Å². The van der Waals surface area contributed by atoms with Gasteiger partial charge in [-0.1, -0.05) is 6.07 Å². The third kappa shape index (κ3) is 3.32. The summed E-state index contributed by atoms with van der Waals surface area (Å²) in [4.78, 5) is 33.6. The van der Waals surface area contributed by atoms with Crippen LogP contribution < -0.4 is 5.73 Å². The van der Waals surface area contributed by atoms with E-state index in [2.05, 4.69) is 9.98 Å². The van der Waals surface area contributed by atoms with Crippen LogP contribution in [0.5, 0.6) is 0 Å². The Hall–Kier alpha value is -2.74. The number of carbonyl (C=O) groups excluding carboxylic acids is 2. The van der Waals surface area contributed by atoms with Gasteiger partial charge in [-0.2, -0.15) is 4.98 Å². The lowest BCUT2D eigenvalue weighted by molar-refractivity contribution is -0.128. The topological polar surface area (TPSA) is 102 Å². The lowest BCUT2D eigenvalue weighted by Gasteiger charge is -2.34. The Bertz CT molecular complexity index is 926. The maximum Gasteiger partial charge on any atom is 0.292 e. The number of rotatable bonds is 4. The molecule has 0 bridgehead atoms. The van der Waals surface area contributed by atoms with Crippen LogP contribution in [-0.4, -0.2) is 34.6 Å². The zero-order valence-corrected chi connectivity index (χ0v) is 14.9. The summed E-state index contributed by atoms with van der Waals surface area (Å²) in [6.07, 6.45) is 1.10. The molecule has 9 heteroatoms. The minimum Gasteiger partial charge on any atom is -0.435 e. The van der Waals surface area contributed by atoms with Gasteiger partial charge in [-0.3, -0.25) is 14.5 Å². The quantitative estimate of drug-likeness (QED) is 0.822. The molecule has 0 spiro atoms. The molecule has 0 aliphatic carbocycles. The summed E-state index contributed by atoms with van der Waals surface area (Å²) in [7, 11) is 1.51. The lowest BCUT2D eigenvalue weighted by Crippen LogP contribution is -2.47. The number of Topliss-reactive ketones (excluding diaryl/α,β-unsaturated/α-hetero) is 1. The molecule has 136 valence electrons. The van der Waals surface area contributed by atoms with Crippen molar-refractivity contribution in [2.24, 2.45) is 10.7 Å². The summed E-state index contributed by atoms with van der Waals surface area (Å²) in [6.45, 7) is 1.63. The van der Waals surface area contributed by atoms with E-state index in [1.165, 1.54) is 30.1 Å². The third-order valence-electron chi connectivity index (χ3n) is 4.31. The van der Waals surface area contributed by atoms with E-state index < -0.39 is 11.4 Å². The zero-order valence-electron chi connectivity index (χ0n) is 14.1. The molecule has 3 rings (SSSR count). The number of guanidine groups is 1. The molecule has 2 aromatic rings. The SMILES string of the molecule is CN1C(=O)CC(C)(c2cc(CC(=O)c3coc(Cl)n3)ccc2F)N=C1N. The predicted octanol–water partition coefficient (Wildman–Crippen LogP) is 2.28. The van der Waals surface area contributed by atoms with Crippen molar-refractivity contribution in [3.63, 3.8) is 0 Å². The van der Waals surface area contributed by atoms with Crippen molar-refractivity contribution in [3.8, 4) is 0 Å². The van der Waals surface area contributed by atoms with Gasteiger partial charge in [0.05, 0.1) is 12.0 Å². The molecule has 26 heavy (non-hydrogen) atoms. The second-order valence-electron chi connectivity index (χ2n) is 6.27. The molecule has 0 fully saturated rings. The van der Waals surface area contributed by atoms with Crippen molar-refractivity contribution in [2.75, 3.05) is 7.05 Å². The highest BCUT2D eigenvalue weighted by atomic mass is 35.5. The fraction of sp³-hybridized carbons (Fsp3) is 0.294. The minimum atomic E-state index is -1.14. The Morgan fingerprint density at radius 2 is 2.23 bits per heavy atom. The molecule has 1 aromatic heterocycles. The van der Waals surface area contributed by atoms with Gasteiger partial charge < -0.3 is 10.2 Å². The van der Waals surface area contributed by atoms with E-state index in [0.29, 0.717) is 5.56 Å². The molecule has 1 aliphatic rings. The molecule has 7 nitrogen and oxygen atoms in total. The number of carbonyl (C=O) groups is 2. The van der Waals surface area contributed by atoms with Crippen molar-refractivity contribution in [1.82, 2.24) is 9.88 Å². The Kier molecular flexibility index (Phi) is 4.53. The molecule has 0 saturated carbocycles. The molecule has 1 atom stereocenters. The van der Waals surface area contributed by atoms with Crippen molar-refractivity contribution in [2.45, 2.75) is 25.3 Å². The summed E-state index contributed by atoms with van der Waals surface area (Å²) in [6, 6.07) is 4.25. The molecule has 1 aliphatic heterocycles. The molecule has 0 radical (unpaired) electrons. The predicted molar refractivity (Wildman–Crippen MR) is 92.3 cm³/mol. The number of aromatic nitrogens is 1. The Morgan fingerprint density at radius 3 is 2.85 bits per heavy atom. The molecule has 1 amide bonds. The maximum atomic E-state index is 14.4. The first-order valence-electron chi connectivity index (χ1n) is 7.74. The summed E-state index contributed by atoms with van der Waals surface area (Å²) < 4.78 is 19.3. The van der Waals surface area contributed by atoms with Crippen LogP contribution in [0.4, 0.5) is 4.39 Å². The molecule has 1 aromatic carbocycles. The van der Waals surface area contributed by atoms with Crippen molar-refractivity contribution < 1.29 is 18.4 Å². The van der Waals surface area contributed by atoms with Gasteiger partial charge in [0.1, 0.15) is 17.8 Å². The highest BCUT2D eigenvalue weighted by Gasteiger charge is 2.38. The van der Waals surface area contributed by atoms with Crippen LogP contribution in [0.1, 0.15) is 35.0 Å². The van der Waals surface area contributed by atoms with Gasteiger partial charge in [0, 0.05) is 19.0 Å². The van der Waals surface area contributed by atoms with Crippen LogP contribution in [0.15, 0.2) is 33.9 Å². The second-order valence-corrected chi connectivity index (χ2v) is 6.60. The summed E-state index contributed by atoms with van der Waals surface area (Å²) in [5.41, 5.74) is 5.47. The zero-order chi connectivity index (χ0) is 19.1. The number of nitrogens with two attached hydrogens (primary N) is 1. The highest BCUT2D eigenvalue weighted by molar-refractivity contribution is 6.27. The number of benzene rings is 1. The fourth-order valence-corrected chi connectivity index (χ4v) is 2.95. The van der Waals surface area contributed by atoms with Gasteiger partial charge in [0.15, 0.2) is 11.7 Å². The van der Waals surface area contributed by atoms with E-state index in [1.807, 2.05) is 0 Å². The number of amides is 1. The van der Waals surface area contributed by atoms with Gasteiger partial charge in [-0.05, 0) is 36.2 Å². The minimum absolute atomic E-state index is 0.0156. The fourth-order valence-electron chi connectivity index (χ4n) is 2.81. The van der Waals surface area contributed by atoms with Crippen LogP contribution in [0.3, 0.4) is 0 Å². The van der Waals surface area contributed by atoms with Gasteiger partial charge in [0.25, 0.3) is 5.35 Å².